The van der Waals surface area contributed by atoms with E-state index in [-0.39, 0.29) is 27.2 Å². The van der Waals surface area contributed by atoms with E-state index in [4.69, 9.17) is 0 Å². The highest BCUT2D eigenvalue weighted by Crippen LogP contribution is 2.33. The normalized spacial score (nSPS) is 12.0. The van der Waals surface area contributed by atoms with Crippen LogP contribution < -0.4 is 10.0 Å². The van der Waals surface area contributed by atoms with Gasteiger partial charge in [0.15, 0.2) is 0 Å². The van der Waals surface area contributed by atoms with Crippen molar-refractivity contribution in [3.63, 3.8) is 0 Å². The van der Waals surface area contributed by atoms with Gasteiger partial charge in [-0.1, -0.05) is 12.1 Å². The number of thiophene rings is 1. The number of alkyl halides is 3. The van der Waals surface area contributed by atoms with Crippen molar-refractivity contribution in [2.75, 3.05) is 10.5 Å². The molecule has 1 heterocycles. The first-order valence-corrected chi connectivity index (χ1v) is 10.5. The van der Waals surface area contributed by atoms with Gasteiger partial charge < -0.3 is 5.32 Å². The molecule has 0 unspecified atom stereocenters. The number of sulfonamides is 1. The lowest BCUT2D eigenvalue weighted by molar-refractivity contribution is -0.119. The van der Waals surface area contributed by atoms with E-state index in [9.17, 15) is 26.4 Å². The molecule has 0 bridgehead atoms. The van der Waals surface area contributed by atoms with E-state index < -0.39 is 22.0 Å². The number of benzene rings is 1. The van der Waals surface area contributed by atoms with E-state index in [0.29, 0.717) is 16.6 Å². The largest absolute Gasteiger partial charge is 0.398 e. The highest BCUT2D eigenvalue weighted by Gasteiger charge is 2.28. The number of anilines is 1. The Morgan fingerprint density at radius 2 is 1.88 bits per heavy atom. The predicted molar refractivity (Wildman–Crippen MR) is 95.9 cm³/mol. The third-order valence-corrected chi connectivity index (χ3v) is 7.02. The van der Waals surface area contributed by atoms with Gasteiger partial charge in [-0.15, -0.1) is 23.1 Å². The highest BCUT2D eigenvalue weighted by atomic mass is 32.2. The first-order chi connectivity index (χ1) is 12.1. The molecule has 142 valence electrons. The third-order valence-electron chi connectivity index (χ3n) is 2.94. The van der Waals surface area contributed by atoms with Gasteiger partial charge in [-0.05, 0) is 24.3 Å². The van der Waals surface area contributed by atoms with Gasteiger partial charge in [0, 0.05) is 16.7 Å². The van der Waals surface area contributed by atoms with Crippen LogP contribution >= 0.6 is 23.1 Å². The van der Waals surface area contributed by atoms with Crippen LogP contribution in [0.2, 0.25) is 0 Å². The Morgan fingerprint density at radius 3 is 2.54 bits per heavy atom. The van der Waals surface area contributed by atoms with E-state index in [1.54, 1.807) is 6.07 Å². The molecule has 0 aliphatic heterocycles. The molecule has 2 rings (SSSR count). The van der Waals surface area contributed by atoms with Gasteiger partial charge in [0.2, 0.25) is 5.91 Å². The van der Waals surface area contributed by atoms with Gasteiger partial charge in [0.05, 0.1) is 18.0 Å². The smallest absolute Gasteiger partial charge is 0.351 e. The molecule has 5 nitrogen and oxygen atoms in total. The summed E-state index contributed by atoms with van der Waals surface area (Å²) in [4.78, 5) is 11.7. The molecule has 0 fully saturated rings. The van der Waals surface area contributed by atoms with E-state index in [1.165, 1.54) is 37.3 Å². The van der Waals surface area contributed by atoms with Gasteiger partial charge in [0.25, 0.3) is 10.0 Å². The quantitative estimate of drug-likeness (QED) is 0.663. The van der Waals surface area contributed by atoms with Crippen molar-refractivity contribution >= 4 is 44.7 Å². The molecule has 2 aromatic rings. The Balaban J connectivity index is 2.15. The number of thioether (sulfide) groups is 1. The molecule has 2 N–H and O–H groups in total. The number of hydrogen-bond acceptors (Lipinski definition) is 5. The maximum absolute atomic E-state index is 12.5. The topological polar surface area (TPSA) is 75.3 Å². The summed E-state index contributed by atoms with van der Waals surface area (Å²) < 4.78 is 64.6. The molecular weight excluding hydrogens is 409 g/mol. The second kappa shape index (κ2) is 8.31. The van der Waals surface area contributed by atoms with Crippen molar-refractivity contribution in [3.8, 4) is 0 Å². The zero-order valence-corrected chi connectivity index (χ0v) is 15.9. The number of para-hydroxylation sites is 1. The molecule has 0 radical (unpaired) electrons. The van der Waals surface area contributed by atoms with Crippen LogP contribution in [0.5, 0.6) is 0 Å². The molecular formula is C15H15F3N2O3S3. The minimum Gasteiger partial charge on any atom is -0.351 e. The Hall–Kier alpha value is -1.72. The predicted octanol–water partition coefficient (Wildman–Crippen LogP) is 3.84. The van der Waals surface area contributed by atoms with Crippen molar-refractivity contribution in [2.24, 2.45) is 0 Å². The van der Waals surface area contributed by atoms with Crippen molar-refractivity contribution < 1.29 is 26.4 Å². The van der Waals surface area contributed by atoms with Crippen LogP contribution in [0.3, 0.4) is 0 Å². The Labute approximate surface area is 157 Å². The molecule has 26 heavy (non-hydrogen) atoms. The van der Waals surface area contributed by atoms with Gasteiger partial charge in [-0.3, -0.25) is 9.52 Å². The summed E-state index contributed by atoms with van der Waals surface area (Å²) in [5, 5.41) is 2.56. The summed E-state index contributed by atoms with van der Waals surface area (Å²) in [7, 11) is -3.95. The third kappa shape index (κ3) is 6.22. The van der Waals surface area contributed by atoms with Gasteiger partial charge in [-0.2, -0.15) is 13.2 Å². The minimum atomic E-state index is -4.36. The Kier molecular flexibility index (Phi) is 6.58. The summed E-state index contributed by atoms with van der Waals surface area (Å²) in [5.74, 6) is -1.36. The fourth-order valence-corrected chi connectivity index (χ4v) is 5.05. The summed E-state index contributed by atoms with van der Waals surface area (Å²) in [5.41, 5.74) is 0.0820. The number of carbonyl (C=O) groups excluding carboxylic acids is 1. The van der Waals surface area contributed by atoms with Crippen LogP contribution in [0.15, 0.2) is 45.5 Å². The van der Waals surface area contributed by atoms with Crippen LogP contribution in [-0.4, -0.2) is 26.3 Å². The summed E-state index contributed by atoms with van der Waals surface area (Å²) in [6.07, 6.45) is -4.36. The minimum absolute atomic E-state index is 0.00785. The first-order valence-electron chi connectivity index (χ1n) is 7.21. The average molecular weight is 424 g/mol. The molecule has 0 spiro atoms. The maximum Gasteiger partial charge on any atom is 0.398 e. The fourth-order valence-electron chi connectivity index (χ4n) is 1.84. The van der Waals surface area contributed by atoms with Crippen molar-refractivity contribution in [1.29, 1.82) is 0 Å². The molecule has 11 heteroatoms. The summed E-state index contributed by atoms with van der Waals surface area (Å²) >= 11 is 1.48. The van der Waals surface area contributed by atoms with Gasteiger partial charge in [-0.25, -0.2) is 8.42 Å². The summed E-state index contributed by atoms with van der Waals surface area (Å²) in [6, 6.07) is 8.85. The van der Waals surface area contributed by atoms with E-state index in [0.717, 1.165) is 11.3 Å². The Morgan fingerprint density at radius 1 is 1.19 bits per heavy atom. The number of carbonyl (C=O) groups is 1. The fraction of sp³-hybridized carbons (Fsp3) is 0.267. The lowest BCUT2D eigenvalue weighted by atomic mass is 10.3. The lowest BCUT2D eigenvalue weighted by Crippen LogP contribution is -2.18. The average Bonchev–Trinajstić information content (AvgIpc) is 3.01. The molecule has 1 aromatic carbocycles. The molecule has 1 aromatic heterocycles. The number of halogens is 3. The summed E-state index contributed by atoms with van der Waals surface area (Å²) in [6.45, 7) is 1.55. The molecule has 0 aliphatic carbocycles. The standard InChI is InChI=1S/C15H15F3N2O3S3/c1-10(21)19-8-11-6-7-14(25-11)26(22,23)20-12-4-2-3-5-13(12)24-9-15(16,17)18/h2-7,20H,8-9H2,1H3,(H,19,21). The molecule has 0 saturated heterocycles. The second-order valence-electron chi connectivity index (χ2n) is 5.14. The van der Waals surface area contributed by atoms with E-state index in [1.807, 2.05) is 0 Å². The molecule has 0 aliphatic rings. The van der Waals surface area contributed by atoms with Crippen LogP contribution in [-0.2, 0) is 21.4 Å². The second-order valence-corrected chi connectivity index (χ2v) is 9.23. The molecule has 0 saturated carbocycles. The van der Waals surface area contributed by atoms with Gasteiger partial charge in [0.1, 0.15) is 4.21 Å². The molecule has 1 amide bonds. The Bertz CT molecular complexity index is 880. The van der Waals surface area contributed by atoms with Crippen LogP contribution in [0, 0.1) is 0 Å². The van der Waals surface area contributed by atoms with E-state index >= 15 is 0 Å². The van der Waals surface area contributed by atoms with Crippen LogP contribution in [0.25, 0.3) is 0 Å². The SMILES string of the molecule is CC(=O)NCc1ccc(S(=O)(=O)Nc2ccccc2SCC(F)(F)F)s1. The van der Waals surface area contributed by atoms with Crippen molar-refractivity contribution in [1.82, 2.24) is 5.32 Å². The van der Waals surface area contributed by atoms with E-state index in [2.05, 4.69) is 10.0 Å². The zero-order chi connectivity index (χ0) is 19.4. The first kappa shape index (κ1) is 20.6. The zero-order valence-electron chi connectivity index (χ0n) is 13.5. The van der Waals surface area contributed by atoms with Gasteiger partial charge >= 0.3 is 6.18 Å². The lowest BCUT2D eigenvalue weighted by Gasteiger charge is -2.12. The number of nitrogens with one attached hydrogen (secondary N) is 2. The van der Waals surface area contributed by atoms with Crippen LogP contribution in [0.1, 0.15) is 11.8 Å². The number of amides is 1. The monoisotopic (exact) mass is 424 g/mol. The number of hydrogen-bond donors (Lipinski definition) is 2. The molecule has 0 atom stereocenters. The van der Waals surface area contributed by atoms with Crippen molar-refractivity contribution in [2.45, 2.75) is 28.7 Å². The number of rotatable bonds is 7. The van der Waals surface area contributed by atoms with Crippen molar-refractivity contribution in [3.05, 3.63) is 41.3 Å². The highest BCUT2D eigenvalue weighted by molar-refractivity contribution is 7.99. The maximum atomic E-state index is 12.5. The van der Waals surface area contributed by atoms with Crippen LogP contribution in [0.4, 0.5) is 18.9 Å².